The van der Waals surface area contributed by atoms with Crippen LogP contribution >= 0.6 is 0 Å². The molecule has 0 saturated heterocycles. The maximum atomic E-state index is 10.1. The largest absolute Gasteiger partial charge is 0.480 e. The third kappa shape index (κ3) is 17.0. The number of carboxylic acid groups (broad SMARTS) is 1. The zero-order valence-corrected chi connectivity index (χ0v) is 11.6. The van der Waals surface area contributed by atoms with Gasteiger partial charge in [0.25, 0.3) is 0 Å². The van der Waals surface area contributed by atoms with Crippen molar-refractivity contribution >= 4 is 5.97 Å². The van der Waals surface area contributed by atoms with Gasteiger partial charge in [0.2, 0.25) is 0 Å². The molecule has 0 aromatic rings. The Hall–Kier alpha value is 0.635. The van der Waals surface area contributed by atoms with Crippen molar-refractivity contribution in [2.45, 2.75) is 6.42 Å². The molecule has 0 bridgehead atoms. The van der Waals surface area contributed by atoms with Gasteiger partial charge in [0.15, 0.2) is 0 Å². The van der Waals surface area contributed by atoms with E-state index in [0.29, 0.717) is 6.54 Å². The normalized spacial score (nSPS) is 9.81. The summed E-state index contributed by atoms with van der Waals surface area (Å²) >= 11 is 0. The van der Waals surface area contributed by atoms with Crippen molar-refractivity contribution in [3.63, 3.8) is 0 Å². The molecule has 98 valence electrons. The molecule has 0 fully saturated rings. The van der Waals surface area contributed by atoms with Gasteiger partial charge in [0.05, 0.1) is 6.54 Å². The van der Waals surface area contributed by atoms with E-state index in [0.717, 1.165) is 32.6 Å². The van der Waals surface area contributed by atoms with E-state index < -0.39 is 5.97 Å². The molecule has 0 heterocycles. The number of rotatable bonds is 11. The quantitative estimate of drug-likeness (QED) is 0.274. The second-order valence-corrected chi connectivity index (χ2v) is 3.15. The van der Waals surface area contributed by atoms with Crippen LogP contribution in [0.1, 0.15) is 6.42 Å². The Morgan fingerprint density at radius 1 is 0.938 bits per heavy atom. The maximum absolute atomic E-state index is 10.1. The molecular formula is C9H21GdN3O3. The van der Waals surface area contributed by atoms with Gasteiger partial charge < -0.3 is 26.2 Å². The summed E-state index contributed by atoms with van der Waals surface area (Å²) in [5.41, 5.74) is 0. The maximum Gasteiger partial charge on any atom is 0.317 e. The van der Waals surface area contributed by atoms with Crippen molar-refractivity contribution < 1.29 is 54.9 Å². The number of hydrogen-bond donors (Lipinski definition) is 5. The first-order valence-electron chi connectivity index (χ1n) is 5.22. The van der Waals surface area contributed by atoms with E-state index in [4.69, 9.17) is 10.2 Å². The molecule has 0 aromatic heterocycles. The molecule has 0 rings (SSSR count). The van der Waals surface area contributed by atoms with Gasteiger partial charge in [-0.25, -0.2) is 0 Å². The summed E-state index contributed by atoms with van der Waals surface area (Å²) in [6.07, 6.45) is 0.778. The molecule has 0 saturated carbocycles. The Kier molecular flexibility index (Phi) is 18.6. The average Bonchev–Trinajstić information content (AvgIpc) is 2.20. The van der Waals surface area contributed by atoms with Crippen LogP contribution in [0.15, 0.2) is 0 Å². The van der Waals surface area contributed by atoms with Gasteiger partial charge in [-0.05, 0) is 13.0 Å². The number of nitrogens with one attached hydrogen (secondary N) is 3. The Morgan fingerprint density at radius 3 is 1.94 bits per heavy atom. The van der Waals surface area contributed by atoms with Crippen molar-refractivity contribution in [2.75, 3.05) is 45.9 Å². The number of aliphatic hydroxyl groups is 1. The van der Waals surface area contributed by atoms with Gasteiger partial charge in [-0.2, -0.15) is 0 Å². The molecule has 0 atom stereocenters. The molecule has 0 amide bonds. The van der Waals surface area contributed by atoms with Crippen LogP contribution in [0, 0.1) is 39.9 Å². The van der Waals surface area contributed by atoms with Gasteiger partial charge in [-0.1, -0.05) is 0 Å². The summed E-state index contributed by atoms with van der Waals surface area (Å²) in [5.74, 6) is -0.833. The predicted molar refractivity (Wildman–Crippen MR) is 57.9 cm³/mol. The van der Waals surface area contributed by atoms with Crippen LogP contribution in [0.4, 0.5) is 0 Å². The standard InChI is InChI=1S/C9H21N3O3.Gd/c13-7-1-2-10-3-4-11-5-6-12-8-9(14)15;/h10-13H,1-8H2,(H,14,15);. The molecule has 5 N–H and O–H groups in total. The Labute approximate surface area is 128 Å². The van der Waals surface area contributed by atoms with E-state index in [1.165, 1.54) is 0 Å². The smallest absolute Gasteiger partial charge is 0.317 e. The molecule has 7 heteroatoms. The van der Waals surface area contributed by atoms with Crippen molar-refractivity contribution in [2.24, 2.45) is 0 Å². The van der Waals surface area contributed by atoms with E-state index in [1.807, 2.05) is 0 Å². The molecule has 0 radical (unpaired) electrons. The first-order chi connectivity index (χ1) is 7.27. The third-order valence-electron chi connectivity index (χ3n) is 1.74. The average molecular weight is 377 g/mol. The van der Waals surface area contributed by atoms with Crippen LogP contribution in [0.5, 0.6) is 0 Å². The SMILES string of the molecule is O=C(O)CNCCNCCNCCCO.[Gd]. The number of aliphatic carboxylic acids is 1. The summed E-state index contributed by atoms with van der Waals surface area (Å²) in [6, 6.07) is 0. The van der Waals surface area contributed by atoms with Crippen molar-refractivity contribution in [1.29, 1.82) is 0 Å². The Morgan fingerprint density at radius 2 is 1.44 bits per heavy atom. The van der Waals surface area contributed by atoms with Gasteiger partial charge in [-0.3, -0.25) is 4.79 Å². The van der Waals surface area contributed by atoms with Crippen LogP contribution in [0.3, 0.4) is 0 Å². The molecule has 0 aromatic carbocycles. The van der Waals surface area contributed by atoms with Gasteiger partial charge in [0.1, 0.15) is 0 Å². The first kappa shape index (κ1) is 19.0. The molecule has 0 aliphatic rings. The number of carbonyl (C=O) groups is 1. The molecule has 0 spiro atoms. The third-order valence-corrected chi connectivity index (χ3v) is 1.74. The molecule has 16 heavy (non-hydrogen) atoms. The summed E-state index contributed by atoms with van der Waals surface area (Å²) in [7, 11) is 0. The topological polar surface area (TPSA) is 93.6 Å². The van der Waals surface area contributed by atoms with Crippen LogP contribution in [-0.2, 0) is 4.79 Å². The van der Waals surface area contributed by atoms with Crippen molar-refractivity contribution in [3.8, 4) is 0 Å². The summed E-state index contributed by atoms with van der Waals surface area (Å²) in [5, 5.41) is 25.9. The van der Waals surface area contributed by atoms with E-state index in [1.54, 1.807) is 0 Å². The fraction of sp³-hybridized carbons (Fsp3) is 0.889. The van der Waals surface area contributed by atoms with Crippen LogP contribution in [0.2, 0.25) is 0 Å². The monoisotopic (exact) mass is 377 g/mol. The van der Waals surface area contributed by atoms with Crippen LogP contribution < -0.4 is 16.0 Å². The van der Waals surface area contributed by atoms with Gasteiger partial charge in [-0.15, -0.1) is 0 Å². The zero-order valence-electron chi connectivity index (χ0n) is 9.31. The Bertz CT molecular complexity index is 161. The summed E-state index contributed by atoms with van der Waals surface area (Å²) in [6.45, 7) is 4.18. The van der Waals surface area contributed by atoms with Crippen LogP contribution in [0.25, 0.3) is 0 Å². The minimum atomic E-state index is -0.833. The number of aliphatic hydroxyl groups excluding tert-OH is 1. The van der Waals surface area contributed by atoms with Crippen molar-refractivity contribution in [1.82, 2.24) is 16.0 Å². The molecular weight excluding hydrogens is 355 g/mol. The van der Waals surface area contributed by atoms with E-state index in [-0.39, 0.29) is 53.1 Å². The molecule has 6 nitrogen and oxygen atoms in total. The summed E-state index contributed by atoms with van der Waals surface area (Å²) < 4.78 is 0. The summed E-state index contributed by atoms with van der Waals surface area (Å²) in [4.78, 5) is 10.1. The van der Waals surface area contributed by atoms with E-state index in [2.05, 4.69) is 16.0 Å². The number of carboxylic acids is 1. The van der Waals surface area contributed by atoms with Crippen LogP contribution in [-0.4, -0.2) is 62.1 Å². The fourth-order valence-electron chi connectivity index (χ4n) is 1.00. The second-order valence-electron chi connectivity index (χ2n) is 3.15. The van der Waals surface area contributed by atoms with E-state index in [9.17, 15) is 4.79 Å². The number of hydrogen-bond acceptors (Lipinski definition) is 5. The van der Waals surface area contributed by atoms with Gasteiger partial charge >= 0.3 is 5.97 Å². The minimum Gasteiger partial charge on any atom is -0.480 e. The molecule has 0 unspecified atom stereocenters. The first-order valence-corrected chi connectivity index (χ1v) is 5.22. The van der Waals surface area contributed by atoms with E-state index >= 15 is 0 Å². The predicted octanol–water partition coefficient (Wildman–Crippen LogP) is -1.78. The second kappa shape index (κ2) is 15.6. The van der Waals surface area contributed by atoms with Gasteiger partial charge in [0, 0.05) is 72.7 Å². The Balaban J connectivity index is 0. The molecule has 0 aliphatic carbocycles. The minimum absolute atomic E-state index is 0. The zero-order chi connectivity index (χ0) is 11.4. The fourth-order valence-corrected chi connectivity index (χ4v) is 1.00. The molecule has 0 aliphatic heterocycles. The van der Waals surface area contributed by atoms with Crippen molar-refractivity contribution in [3.05, 3.63) is 0 Å².